The van der Waals surface area contributed by atoms with Crippen LogP contribution in [0.5, 0.6) is 0 Å². The summed E-state index contributed by atoms with van der Waals surface area (Å²) in [5, 5.41) is 4.19. The van der Waals surface area contributed by atoms with Crippen LogP contribution in [-0.4, -0.2) is 26.2 Å². The van der Waals surface area contributed by atoms with Crippen LogP contribution in [0.15, 0.2) is 24.3 Å². The summed E-state index contributed by atoms with van der Waals surface area (Å²) in [4.78, 5) is 14.2. The summed E-state index contributed by atoms with van der Waals surface area (Å²) in [7, 11) is 1.60. The molecule has 0 aliphatic carbocycles. The normalized spacial score (nSPS) is 9.47. The van der Waals surface area contributed by atoms with Gasteiger partial charge in [-0.05, 0) is 24.3 Å². The first-order valence-electron chi connectivity index (χ1n) is 5.19. The van der Waals surface area contributed by atoms with Gasteiger partial charge in [-0.3, -0.25) is 4.79 Å². The van der Waals surface area contributed by atoms with Gasteiger partial charge in [0.1, 0.15) is 12.2 Å². The summed E-state index contributed by atoms with van der Waals surface area (Å²) >= 11 is 0. The van der Waals surface area contributed by atoms with Gasteiger partial charge in [-0.15, -0.1) is 0 Å². The highest BCUT2D eigenvalue weighted by Gasteiger charge is 2.09. The van der Waals surface area contributed by atoms with Crippen molar-refractivity contribution in [3.05, 3.63) is 35.8 Å². The van der Waals surface area contributed by atoms with Crippen molar-refractivity contribution < 1.29 is 9.53 Å². The molecule has 1 aromatic carbocycles. The number of nitrogens with one attached hydrogen (secondary N) is 1. The van der Waals surface area contributed by atoms with E-state index in [0.29, 0.717) is 13.2 Å². The van der Waals surface area contributed by atoms with Gasteiger partial charge in [0.15, 0.2) is 0 Å². The molecule has 0 aromatic heterocycles. The van der Waals surface area contributed by atoms with Gasteiger partial charge in [-0.2, -0.15) is 11.5 Å². The van der Waals surface area contributed by atoms with Crippen LogP contribution in [0.4, 0.5) is 11.4 Å². The molecule has 90 valence electrons. The topological polar surface area (TPSA) is 45.9 Å². The minimum Gasteiger partial charge on any atom is -0.383 e. The lowest BCUT2D eigenvalue weighted by atomic mass is 10.2. The van der Waals surface area contributed by atoms with E-state index in [1.165, 1.54) is 11.9 Å². The Kier molecular flexibility index (Phi) is 4.98. The Labute approximate surface area is 101 Å². The fourth-order valence-electron chi connectivity index (χ4n) is 1.33. The number of anilines is 2. The minimum absolute atomic E-state index is 0.112. The molecule has 0 aliphatic rings. The SMILES string of the molecule is [C-]#[N+]N(CCOC)c1ccc(NC(C)=O)cc1. The van der Waals surface area contributed by atoms with Crippen LogP contribution in [-0.2, 0) is 9.53 Å². The Hall–Kier alpha value is -2.06. The van der Waals surface area contributed by atoms with E-state index in [-0.39, 0.29) is 5.91 Å². The Bertz CT molecular complexity index is 409. The van der Waals surface area contributed by atoms with Gasteiger partial charge in [-0.25, -0.2) is 0 Å². The molecule has 0 aliphatic heterocycles. The van der Waals surface area contributed by atoms with Crippen LogP contribution in [0.25, 0.3) is 4.95 Å². The van der Waals surface area contributed by atoms with Crippen molar-refractivity contribution in [2.24, 2.45) is 0 Å². The molecule has 0 radical (unpaired) electrons. The second-order valence-electron chi connectivity index (χ2n) is 3.44. The molecular weight excluding hydrogens is 218 g/mol. The summed E-state index contributed by atoms with van der Waals surface area (Å²) in [5.74, 6) is -0.112. The molecule has 0 fully saturated rings. The van der Waals surface area contributed by atoms with E-state index in [2.05, 4.69) is 10.3 Å². The fraction of sp³-hybridized carbons (Fsp3) is 0.333. The molecular formula is C12H15N3O2. The molecule has 0 bridgehead atoms. The summed E-state index contributed by atoms with van der Waals surface area (Å²) < 4.78 is 4.93. The highest BCUT2D eigenvalue weighted by molar-refractivity contribution is 5.88. The first kappa shape index (κ1) is 13.0. The summed E-state index contributed by atoms with van der Waals surface area (Å²) in [5.41, 5.74) is 1.50. The third-order valence-electron chi connectivity index (χ3n) is 2.11. The molecule has 0 atom stereocenters. The average molecular weight is 233 g/mol. The predicted molar refractivity (Wildman–Crippen MR) is 66.6 cm³/mol. The third kappa shape index (κ3) is 4.13. The molecule has 1 N–H and O–H groups in total. The first-order valence-corrected chi connectivity index (χ1v) is 5.19. The van der Waals surface area contributed by atoms with Crippen LogP contribution < -0.4 is 10.3 Å². The molecule has 0 spiro atoms. The molecule has 1 amide bonds. The van der Waals surface area contributed by atoms with E-state index in [1.807, 2.05) is 0 Å². The van der Waals surface area contributed by atoms with Crippen LogP contribution in [0.1, 0.15) is 6.92 Å². The van der Waals surface area contributed by atoms with Crippen molar-refractivity contribution in [2.45, 2.75) is 6.92 Å². The third-order valence-corrected chi connectivity index (χ3v) is 2.11. The number of benzene rings is 1. The molecule has 1 aromatic rings. The summed E-state index contributed by atoms with van der Waals surface area (Å²) in [6, 6.07) is 7.11. The van der Waals surface area contributed by atoms with Crippen LogP contribution >= 0.6 is 0 Å². The quantitative estimate of drug-likeness (QED) is 0.624. The zero-order valence-corrected chi connectivity index (χ0v) is 9.93. The van der Waals surface area contributed by atoms with E-state index in [4.69, 9.17) is 11.3 Å². The lowest BCUT2D eigenvalue weighted by molar-refractivity contribution is -0.114. The van der Waals surface area contributed by atoms with Crippen molar-refractivity contribution in [1.82, 2.24) is 0 Å². The van der Waals surface area contributed by atoms with Crippen molar-refractivity contribution >= 4 is 17.3 Å². The number of nitrogens with zero attached hydrogens (tertiary/aromatic N) is 2. The lowest BCUT2D eigenvalue weighted by Crippen LogP contribution is -2.19. The van der Waals surface area contributed by atoms with Crippen LogP contribution in [0.3, 0.4) is 0 Å². The number of ether oxygens (including phenoxy) is 1. The maximum atomic E-state index is 10.8. The van der Waals surface area contributed by atoms with Crippen LogP contribution in [0.2, 0.25) is 0 Å². The number of carbonyl (C=O) groups excluding carboxylic acids is 1. The zero-order chi connectivity index (χ0) is 12.7. The summed E-state index contributed by atoms with van der Waals surface area (Å²) in [6.07, 6.45) is 0. The fourth-order valence-corrected chi connectivity index (χ4v) is 1.33. The van der Waals surface area contributed by atoms with Gasteiger partial charge in [0.05, 0.1) is 6.61 Å². The van der Waals surface area contributed by atoms with Gasteiger partial charge in [0, 0.05) is 19.7 Å². The Balaban J connectivity index is 2.71. The van der Waals surface area contributed by atoms with Gasteiger partial charge in [0.25, 0.3) is 0 Å². The standard InChI is InChI=1S/C12H15N3O2/c1-10(16)14-11-4-6-12(7-5-11)15(13-2)8-9-17-3/h4-7H,8-9H2,1,3H3,(H,14,16). The molecule has 1 rings (SSSR count). The number of methoxy groups -OCH3 is 1. The second-order valence-corrected chi connectivity index (χ2v) is 3.44. The van der Waals surface area contributed by atoms with Crippen molar-refractivity contribution in [2.75, 3.05) is 30.6 Å². The second kappa shape index (κ2) is 6.51. The Morgan fingerprint density at radius 1 is 1.47 bits per heavy atom. The number of carbonyl (C=O) groups is 1. The predicted octanol–water partition coefficient (Wildman–Crippen LogP) is 1.93. The van der Waals surface area contributed by atoms with E-state index < -0.39 is 0 Å². The van der Waals surface area contributed by atoms with Crippen molar-refractivity contribution in [3.8, 4) is 0 Å². The molecule has 5 heteroatoms. The minimum atomic E-state index is -0.112. The smallest absolute Gasteiger partial charge is 0.221 e. The maximum Gasteiger partial charge on any atom is 0.221 e. The number of hydrogen-bond acceptors (Lipinski definition) is 3. The molecule has 0 saturated heterocycles. The largest absolute Gasteiger partial charge is 0.383 e. The molecule has 5 nitrogen and oxygen atoms in total. The highest BCUT2D eigenvalue weighted by Crippen LogP contribution is 2.18. The molecule has 17 heavy (non-hydrogen) atoms. The van der Waals surface area contributed by atoms with E-state index in [1.54, 1.807) is 31.4 Å². The van der Waals surface area contributed by atoms with E-state index >= 15 is 0 Å². The van der Waals surface area contributed by atoms with Gasteiger partial charge in [-0.1, -0.05) is 5.01 Å². The molecule has 0 heterocycles. The summed E-state index contributed by atoms with van der Waals surface area (Å²) in [6.45, 7) is 9.53. The number of rotatable bonds is 5. The van der Waals surface area contributed by atoms with Crippen molar-refractivity contribution in [3.63, 3.8) is 0 Å². The molecule has 0 unspecified atom stereocenters. The number of amides is 1. The lowest BCUT2D eigenvalue weighted by Gasteiger charge is -2.10. The van der Waals surface area contributed by atoms with Gasteiger partial charge < -0.3 is 10.1 Å². The highest BCUT2D eigenvalue weighted by atomic mass is 16.5. The Morgan fingerprint density at radius 2 is 2.12 bits per heavy atom. The van der Waals surface area contributed by atoms with E-state index in [0.717, 1.165) is 11.4 Å². The van der Waals surface area contributed by atoms with Gasteiger partial charge in [0.2, 0.25) is 5.91 Å². The van der Waals surface area contributed by atoms with Gasteiger partial charge >= 0.3 is 0 Å². The average Bonchev–Trinajstić information content (AvgIpc) is 2.31. The van der Waals surface area contributed by atoms with Crippen LogP contribution in [0, 0.1) is 6.57 Å². The van der Waals surface area contributed by atoms with E-state index in [9.17, 15) is 4.79 Å². The first-order chi connectivity index (χ1) is 8.17. The Morgan fingerprint density at radius 3 is 2.59 bits per heavy atom. The van der Waals surface area contributed by atoms with Crippen molar-refractivity contribution in [1.29, 1.82) is 0 Å². The monoisotopic (exact) mass is 233 g/mol. The molecule has 0 saturated carbocycles. The maximum absolute atomic E-state index is 10.8. The number of hydrogen-bond donors (Lipinski definition) is 1. The zero-order valence-electron chi connectivity index (χ0n) is 9.93.